The molecule has 1 heterocycles. The van der Waals surface area contributed by atoms with Gasteiger partial charge >= 0.3 is 5.97 Å². The zero-order valence-corrected chi connectivity index (χ0v) is 20.4. The van der Waals surface area contributed by atoms with Gasteiger partial charge in [0, 0.05) is 15.6 Å². The molecule has 0 atom stereocenters. The van der Waals surface area contributed by atoms with Crippen LogP contribution >= 0.6 is 35.0 Å². The number of methoxy groups -OCH3 is 1. The van der Waals surface area contributed by atoms with E-state index in [9.17, 15) is 14.4 Å². The fourth-order valence-electron chi connectivity index (χ4n) is 2.96. The van der Waals surface area contributed by atoms with E-state index in [0.717, 1.165) is 16.7 Å². The van der Waals surface area contributed by atoms with Crippen molar-refractivity contribution in [3.8, 4) is 11.5 Å². The number of esters is 1. The smallest absolute Gasteiger partial charge is 0.344 e. The molecule has 2 aromatic rings. The minimum absolute atomic E-state index is 0.0247. The van der Waals surface area contributed by atoms with Gasteiger partial charge < -0.3 is 14.2 Å². The normalized spacial score (nSPS) is 14.8. The lowest BCUT2D eigenvalue weighted by Gasteiger charge is -2.14. The highest BCUT2D eigenvalue weighted by molar-refractivity contribution is 8.18. The van der Waals surface area contributed by atoms with E-state index in [-0.39, 0.29) is 24.2 Å². The van der Waals surface area contributed by atoms with E-state index in [1.165, 1.54) is 7.11 Å². The second kappa shape index (κ2) is 11.0. The number of carbonyl (C=O) groups is 3. The molecule has 2 aromatic carbocycles. The summed E-state index contributed by atoms with van der Waals surface area (Å²) in [6.07, 6.45) is 1.34. The Morgan fingerprint density at radius 1 is 1.12 bits per heavy atom. The summed E-state index contributed by atoms with van der Waals surface area (Å²) in [6.45, 7) is 3.20. The number of carbonyl (C=O) groups excluding carboxylic acids is 3. The zero-order valence-electron chi connectivity index (χ0n) is 18.1. The molecule has 0 N–H and O–H groups in total. The Bertz CT molecular complexity index is 1100. The molecule has 0 unspecified atom stereocenters. The van der Waals surface area contributed by atoms with Gasteiger partial charge in [0.25, 0.3) is 11.1 Å². The van der Waals surface area contributed by atoms with Crippen molar-refractivity contribution >= 4 is 58.2 Å². The Morgan fingerprint density at radius 3 is 2.45 bits per heavy atom. The number of ether oxygens (including phenoxy) is 3. The average molecular weight is 510 g/mol. The van der Waals surface area contributed by atoms with Crippen LogP contribution in [0.4, 0.5) is 4.79 Å². The van der Waals surface area contributed by atoms with Gasteiger partial charge in [-0.15, -0.1) is 0 Å². The van der Waals surface area contributed by atoms with E-state index < -0.39 is 17.1 Å². The first kappa shape index (κ1) is 25.0. The molecule has 1 aliphatic rings. The van der Waals surface area contributed by atoms with E-state index in [1.54, 1.807) is 56.3 Å². The Kier molecular flexibility index (Phi) is 8.29. The van der Waals surface area contributed by atoms with Crippen molar-refractivity contribution in [2.45, 2.75) is 26.5 Å². The molecule has 0 radical (unpaired) electrons. The molecule has 0 aliphatic carbocycles. The Balaban J connectivity index is 1.75. The van der Waals surface area contributed by atoms with Gasteiger partial charge in [-0.3, -0.25) is 14.5 Å². The van der Waals surface area contributed by atoms with Gasteiger partial charge in [0.05, 0.1) is 24.7 Å². The van der Waals surface area contributed by atoms with Crippen molar-refractivity contribution < 1.29 is 28.6 Å². The van der Waals surface area contributed by atoms with Crippen LogP contribution in [0.25, 0.3) is 6.08 Å². The van der Waals surface area contributed by atoms with Crippen LogP contribution < -0.4 is 9.47 Å². The van der Waals surface area contributed by atoms with Crippen LogP contribution in [0, 0.1) is 0 Å². The maximum Gasteiger partial charge on any atom is 0.344 e. The van der Waals surface area contributed by atoms with Gasteiger partial charge in [0.1, 0.15) is 0 Å². The fourth-order valence-corrected chi connectivity index (χ4v) is 4.31. The molecule has 174 valence electrons. The van der Waals surface area contributed by atoms with Gasteiger partial charge in [-0.05, 0) is 61.5 Å². The molecule has 0 aromatic heterocycles. The summed E-state index contributed by atoms with van der Waals surface area (Å²) < 4.78 is 15.9. The molecule has 7 nitrogen and oxygen atoms in total. The topological polar surface area (TPSA) is 82.1 Å². The molecule has 10 heteroatoms. The predicted octanol–water partition coefficient (Wildman–Crippen LogP) is 5.57. The minimum Gasteiger partial charge on any atom is -0.493 e. The van der Waals surface area contributed by atoms with Crippen LogP contribution in [-0.2, 0) is 20.9 Å². The highest BCUT2D eigenvalue weighted by Gasteiger charge is 2.35. The van der Waals surface area contributed by atoms with E-state index >= 15 is 0 Å². The second-order valence-corrected chi connectivity index (χ2v) is 9.01. The maximum atomic E-state index is 12.9. The minimum atomic E-state index is -0.497. The number of rotatable bonds is 8. The van der Waals surface area contributed by atoms with Gasteiger partial charge in [0.2, 0.25) is 0 Å². The summed E-state index contributed by atoms with van der Waals surface area (Å²) in [6, 6.07) is 9.93. The third-order valence-corrected chi connectivity index (χ3v) is 6.07. The number of hydrogen-bond acceptors (Lipinski definition) is 7. The van der Waals surface area contributed by atoms with Crippen LogP contribution in [0.15, 0.2) is 41.3 Å². The van der Waals surface area contributed by atoms with E-state index in [1.807, 2.05) is 0 Å². The number of amides is 2. The summed E-state index contributed by atoms with van der Waals surface area (Å²) >= 11 is 13.2. The Labute approximate surface area is 205 Å². The SMILES string of the molecule is COc1cc(/C=C2\SC(=O)N(Cc3c(Cl)cccc3Cl)C2=O)ccc1OCC(=O)OC(C)C. The van der Waals surface area contributed by atoms with Crippen LogP contribution in [0.5, 0.6) is 11.5 Å². The van der Waals surface area contributed by atoms with Gasteiger partial charge in [0.15, 0.2) is 18.1 Å². The van der Waals surface area contributed by atoms with E-state index in [0.29, 0.717) is 32.7 Å². The summed E-state index contributed by atoms with van der Waals surface area (Å²) in [4.78, 5) is 38.4. The highest BCUT2D eigenvalue weighted by atomic mass is 35.5. The first-order valence-corrected chi connectivity index (χ1v) is 11.5. The third kappa shape index (κ3) is 6.22. The Hall–Kier alpha value is -2.68. The van der Waals surface area contributed by atoms with Crippen molar-refractivity contribution in [2.24, 2.45) is 0 Å². The van der Waals surface area contributed by atoms with Crippen LogP contribution in [-0.4, -0.2) is 41.8 Å². The first-order valence-electron chi connectivity index (χ1n) is 9.88. The lowest BCUT2D eigenvalue weighted by molar-refractivity contribution is -0.149. The zero-order chi connectivity index (χ0) is 24.1. The number of benzene rings is 2. The highest BCUT2D eigenvalue weighted by Crippen LogP contribution is 2.37. The number of imide groups is 1. The summed E-state index contributed by atoms with van der Waals surface area (Å²) in [5.41, 5.74) is 1.12. The van der Waals surface area contributed by atoms with E-state index in [4.69, 9.17) is 37.4 Å². The lowest BCUT2D eigenvalue weighted by Crippen LogP contribution is -2.27. The van der Waals surface area contributed by atoms with Gasteiger partial charge in [-0.2, -0.15) is 0 Å². The van der Waals surface area contributed by atoms with Crippen molar-refractivity contribution in [3.05, 3.63) is 62.5 Å². The van der Waals surface area contributed by atoms with Crippen molar-refractivity contribution in [3.63, 3.8) is 0 Å². The molecular weight excluding hydrogens is 489 g/mol. The van der Waals surface area contributed by atoms with Crippen molar-refractivity contribution in [1.82, 2.24) is 4.90 Å². The van der Waals surface area contributed by atoms with Gasteiger partial charge in [-0.25, -0.2) is 4.79 Å². The molecular formula is C23H21Cl2NO6S. The monoisotopic (exact) mass is 509 g/mol. The Morgan fingerprint density at radius 2 is 1.82 bits per heavy atom. The standard InChI is InChI=1S/C23H21Cl2NO6S/c1-13(2)32-21(27)12-31-18-8-7-14(9-19(18)30-3)10-20-22(28)26(23(29)33-20)11-15-16(24)5-4-6-17(15)25/h4-10,13H,11-12H2,1-3H3/b20-10-. The quantitative estimate of drug-likeness (QED) is 0.339. The fraction of sp³-hybridized carbons (Fsp3) is 0.261. The third-order valence-electron chi connectivity index (χ3n) is 4.45. The molecule has 3 rings (SSSR count). The molecule has 33 heavy (non-hydrogen) atoms. The van der Waals surface area contributed by atoms with E-state index in [2.05, 4.69) is 0 Å². The number of halogens is 2. The summed E-state index contributed by atoms with van der Waals surface area (Å²) in [5, 5.41) is 0.337. The molecule has 1 saturated heterocycles. The van der Waals surface area contributed by atoms with Crippen molar-refractivity contribution in [2.75, 3.05) is 13.7 Å². The average Bonchev–Trinajstić information content (AvgIpc) is 3.01. The predicted molar refractivity (Wildman–Crippen MR) is 128 cm³/mol. The first-order chi connectivity index (χ1) is 15.7. The molecule has 0 bridgehead atoms. The number of thioether (sulfide) groups is 1. The molecule has 1 fully saturated rings. The second-order valence-electron chi connectivity index (χ2n) is 7.21. The van der Waals surface area contributed by atoms with Crippen molar-refractivity contribution in [1.29, 1.82) is 0 Å². The summed E-state index contributed by atoms with van der Waals surface area (Å²) in [7, 11) is 1.46. The van der Waals surface area contributed by atoms with Crippen LogP contribution in [0.1, 0.15) is 25.0 Å². The molecule has 0 saturated carbocycles. The lowest BCUT2D eigenvalue weighted by atomic mass is 10.1. The largest absolute Gasteiger partial charge is 0.493 e. The molecule has 1 aliphatic heterocycles. The number of nitrogens with zero attached hydrogens (tertiary/aromatic N) is 1. The summed E-state index contributed by atoms with van der Waals surface area (Å²) in [5.74, 6) is -0.236. The molecule has 2 amide bonds. The van der Waals surface area contributed by atoms with Crippen LogP contribution in [0.2, 0.25) is 10.0 Å². The maximum absolute atomic E-state index is 12.9. The van der Waals surface area contributed by atoms with Gasteiger partial charge in [-0.1, -0.05) is 35.3 Å². The molecule has 0 spiro atoms. The number of hydrogen-bond donors (Lipinski definition) is 0. The van der Waals surface area contributed by atoms with Crippen LogP contribution in [0.3, 0.4) is 0 Å².